The standard InChI is InChI=1S/C13H19N5S/c1-11-12(19-10-17-11)9-16-13(14-2)15-5-8-18-6-3-4-7-18/h3-4,6-7,10H,5,8-9H2,1-2H3,(H2,14,15,16). The van der Waals surface area contributed by atoms with E-state index >= 15 is 0 Å². The highest BCUT2D eigenvalue weighted by Gasteiger charge is 2.02. The Morgan fingerprint density at radius 2 is 2.16 bits per heavy atom. The van der Waals surface area contributed by atoms with Crippen molar-refractivity contribution in [3.05, 3.63) is 40.6 Å². The van der Waals surface area contributed by atoms with E-state index in [0.717, 1.165) is 31.3 Å². The minimum atomic E-state index is 0.764. The van der Waals surface area contributed by atoms with Crippen LogP contribution in [-0.2, 0) is 13.1 Å². The summed E-state index contributed by atoms with van der Waals surface area (Å²) in [4.78, 5) is 9.68. The largest absolute Gasteiger partial charge is 0.355 e. The Morgan fingerprint density at radius 1 is 1.37 bits per heavy atom. The molecule has 0 atom stereocenters. The fraction of sp³-hybridized carbons (Fsp3) is 0.385. The second kappa shape index (κ2) is 6.94. The number of hydrogen-bond donors (Lipinski definition) is 2. The van der Waals surface area contributed by atoms with Crippen LogP contribution in [0.4, 0.5) is 0 Å². The Morgan fingerprint density at radius 3 is 2.79 bits per heavy atom. The molecule has 0 spiro atoms. The van der Waals surface area contributed by atoms with E-state index in [0.29, 0.717) is 0 Å². The number of hydrogen-bond acceptors (Lipinski definition) is 3. The monoisotopic (exact) mass is 277 g/mol. The van der Waals surface area contributed by atoms with E-state index in [-0.39, 0.29) is 0 Å². The number of guanidine groups is 1. The van der Waals surface area contributed by atoms with Crippen molar-refractivity contribution in [2.45, 2.75) is 20.0 Å². The first kappa shape index (κ1) is 13.6. The Hall–Kier alpha value is -1.82. The molecule has 2 rings (SSSR count). The molecular formula is C13H19N5S. The summed E-state index contributed by atoms with van der Waals surface area (Å²) < 4.78 is 2.13. The second-order valence-corrected chi connectivity index (χ2v) is 5.07. The molecule has 0 bridgehead atoms. The first-order valence-corrected chi connectivity index (χ1v) is 7.12. The number of nitrogens with zero attached hydrogens (tertiary/aromatic N) is 3. The van der Waals surface area contributed by atoms with Gasteiger partial charge in [0.15, 0.2) is 5.96 Å². The Bertz CT molecular complexity index is 515. The van der Waals surface area contributed by atoms with Crippen molar-refractivity contribution in [1.82, 2.24) is 20.2 Å². The molecule has 5 nitrogen and oxygen atoms in total. The summed E-state index contributed by atoms with van der Waals surface area (Å²) in [5, 5.41) is 6.58. The average molecular weight is 277 g/mol. The van der Waals surface area contributed by atoms with Crippen molar-refractivity contribution in [1.29, 1.82) is 0 Å². The summed E-state index contributed by atoms with van der Waals surface area (Å²) in [7, 11) is 1.78. The maximum Gasteiger partial charge on any atom is 0.191 e. The summed E-state index contributed by atoms with van der Waals surface area (Å²) >= 11 is 1.66. The summed E-state index contributed by atoms with van der Waals surface area (Å²) in [6.07, 6.45) is 4.11. The topological polar surface area (TPSA) is 54.2 Å². The minimum Gasteiger partial charge on any atom is -0.355 e. The molecule has 6 heteroatoms. The van der Waals surface area contributed by atoms with Crippen LogP contribution in [0.15, 0.2) is 35.0 Å². The predicted molar refractivity (Wildman–Crippen MR) is 79.5 cm³/mol. The summed E-state index contributed by atoms with van der Waals surface area (Å²) in [6, 6.07) is 4.05. The lowest BCUT2D eigenvalue weighted by Crippen LogP contribution is -2.38. The molecule has 2 aromatic heterocycles. The molecule has 0 radical (unpaired) electrons. The molecule has 0 amide bonds. The smallest absolute Gasteiger partial charge is 0.191 e. The molecule has 102 valence electrons. The molecule has 0 saturated carbocycles. The number of aliphatic imine (C=N–C) groups is 1. The van der Waals surface area contributed by atoms with E-state index in [2.05, 4.69) is 37.6 Å². The van der Waals surface area contributed by atoms with Crippen molar-refractivity contribution in [2.75, 3.05) is 13.6 Å². The van der Waals surface area contributed by atoms with Gasteiger partial charge in [0, 0.05) is 37.4 Å². The van der Waals surface area contributed by atoms with Gasteiger partial charge in [0.1, 0.15) is 0 Å². The van der Waals surface area contributed by atoms with Crippen LogP contribution < -0.4 is 10.6 Å². The van der Waals surface area contributed by atoms with Crippen LogP contribution >= 0.6 is 11.3 Å². The zero-order valence-electron chi connectivity index (χ0n) is 11.3. The third-order valence-corrected chi connectivity index (χ3v) is 3.75. The highest BCUT2D eigenvalue weighted by molar-refractivity contribution is 7.09. The maximum absolute atomic E-state index is 4.23. The van der Waals surface area contributed by atoms with Crippen LogP contribution in [-0.4, -0.2) is 29.1 Å². The van der Waals surface area contributed by atoms with Crippen LogP contribution in [0.3, 0.4) is 0 Å². The molecule has 0 fully saturated rings. The van der Waals surface area contributed by atoms with E-state index in [1.807, 2.05) is 24.6 Å². The molecule has 19 heavy (non-hydrogen) atoms. The Kier molecular flexibility index (Phi) is 4.97. The van der Waals surface area contributed by atoms with E-state index < -0.39 is 0 Å². The first-order chi connectivity index (χ1) is 9.29. The Labute approximate surface area is 117 Å². The SMILES string of the molecule is CN=C(NCCn1cccc1)NCc1scnc1C. The van der Waals surface area contributed by atoms with Gasteiger partial charge >= 0.3 is 0 Å². The molecule has 2 heterocycles. The first-order valence-electron chi connectivity index (χ1n) is 6.24. The van der Waals surface area contributed by atoms with Crippen LogP contribution in [0.25, 0.3) is 0 Å². The van der Waals surface area contributed by atoms with E-state index in [9.17, 15) is 0 Å². The predicted octanol–water partition coefficient (Wildman–Crippen LogP) is 1.62. The van der Waals surface area contributed by atoms with Crippen LogP contribution in [0, 0.1) is 6.92 Å². The third-order valence-electron chi connectivity index (χ3n) is 2.81. The Balaban J connectivity index is 1.73. The highest BCUT2D eigenvalue weighted by Crippen LogP contribution is 2.10. The van der Waals surface area contributed by atoms with Crippen LogP contribution in [0.2, 0.25) is 0 Å². The highest BCUT2D eigenvalue weighted by atomic mass is 32.1. The van der Waals surface area contributed by atoms with Crippen molar-refractivity contribution >= 4 is 17.3 Å². The molecule has 0 aliphatic heterocycles. The van der Waals surface area contributed by atoms with Gasteiger partial charge in [-0.3, -0.25) is 4.99 Å². The molecule has 0 saturated heterocycles. The van der Waals surface area contributed by atoms with Gasteiger partial charge in [-0.15, -0.1) is 11.3 Å². The lowest BCUT2D eigenvalue weighted by atomic mass is 10.4. The lowest BCUT2D eigenvalue weighted by molar-refractivity contribution is 0.665. The second-order valence-electron chi connectivity index (χ2n) is 4.13. The number of aryl methyl sites for hydroxylation is 1. The van der Waals surface area contributed by atoms with Crippen LogP contribution in [0.1, 0.15) is 10.6 Å². The van der Waals surface area contributed by atoms with Gasteiger partial charge in [-0.25, -0.2) is 4.98 Å². The lowest BCUT2D eigenvalue weighted by Gasteiger charge is -2.11. The van der Waals surface area contributed by atoms with Gasteiger partial charge in [-0.1, -0.05) is 0 Å². The number of aromatic nitrogens is 2. The molecule has 2 N–H and O–H groups in total. The van der Waals surface area contributed by atoms with Gasteiger partial charge in [0.25, 0.3) is 0 Å². The molecule has 0 aromatic carbocycles. The summed E-state index contributed by atoms with van der Waals surface area (Å²) in [5.74, 6) is 0.819. The van der Waals surface area contributed by atoms with E-state index in [1.165, 1.54) is 4.88 Å². The van der Waals surface area contributed by atoms with E-state index in [1.54, 1.807) is 18.4 Å². The van der Waals surface area contributed by atoms with Gasteiger partial charge in [0.05, 0.1) is 17.7 Å². The van der Waals surface area contributed by atoms with Crippen molar-refractivity contribution in [3.8, 4) is 0 Å². The van der Waals surface area contributed by atoms with Gasteiger partial charge in [-0.05, 0) is 19.1 Å². The molecule has 2 aromatic rings. The average Bonchev–Trinajstić information content (AvgIpc) is 3.05. The zero-order valence-corrected chi connectivity index (χ0v) is 12.1. The van der Waals surface area contributed by atoms with Gasteiger partial charge in [-0.2, -0.15) is 0 Å². The quantitative estimate of drug-likeness (QED) is 0.645. The van der Waals surface area contributed by atoms with Gasteiger partial charge in [0.2, 0.25) is 0 Å². The van der Waals surface area contributed by atoms with Crippen molar-refractivity contribution in [3.63, 3.8) is 0 Å². The normalized spacial score (nSPS) is 11.6. The van der Waals surface area contributed by atoms with Crippen molar-refractivity contribution < 1.29 is 0 Å². The van der Waals surface area contributed by atoms with Gasteiger partial charge < -0.3 is 15.2 Å². The molecule has 0 aliphatic rings. The minimum absolute atomic E-state index is 0.764. The molecule has 0 aliphatic carbocycles. The third kappa shape index (κ3) is 4.10. The molecular weight excluding hydrogens is 258 g/mol. The summed E-state index contributed by atoms with van der Waals surface area (Å²) in [6.45, 7) is 4.55. The molecule has 0 unspecified atom stereocenters. The fourth-order valence-electron chi connectivity index (χ4n) is 1.70. The fourth-order valence-corrected chi connectivity index (χ4v) is 2.42. The maximum atomic E-state index is 4.23. The van der Waals surface area contributed by atoms with Crippen molar-refractivity contribution in [2.24, 2.45) is 4.99 Å². The van der Waals surface area contributed by atoms with E-state index in [4.69, 9.17) is 0 Å². The number of thiazole rings is 1. The number of rotatable bonds is 5. The number of nitrogens with one attached hydrogen (secondary N) is 2. The van der Waals surface area contributed by atoms with Crippen LogP contribution in [0.5, 0.6) is 0 Å². The zero-order chi connectivity index (χ0) is 13.5. The summed E-state index contributed by atoms with van der Waals surface area (Å²) in [5.41, 5.74) is 2.95.